The molecule has 0 saturated heterocycles. The van der Waals surface area contributed by atoms with Crippen molar-refractivity contribution in [2.24, 2.45) is 5.73 Å². The highest BCUT2D eigenvalue weighted by atomic mass is 79.9. The van der Waals surface area contributed by atoms with Gasteiger partial charge in [-0.1, -0.05) is 28.4 Å². The molecule has 8 nitrogen and oxygen atoms in total. The van der Waals surface area contributed by atoms with Crippen LogP contribution in [0.4, 0.5) is 18.6 Å². The van der Waals surface area contributed by atoms with E-state index in [-0.39, 0.29) is 26.5 Å². The van der Waals surface area contributed by atoms with E-state index in [0.717, 1.165) is 42.9 Å². The molecule has 0 saturated carbocycles. The predicted molar refractivity (Wildman–Crippen MR) is 132 cm³/mol. The maximum absolute atomic E-state index is 14.0. The Labute approximate surface area is 212 Å². The fraction of sp³-hybridized carbons (Fsp3) is 0.261. The molecule has 0 bridgehead atoms. The number of hydrogen-bond acceptors (Lipinski definition) is 5. The minimum atomic E-state index is -0.893. The van der Waals surface area contributed by atoms with Gasteiger partial charge in [-0.3, -0.25) is 10.1 Å². The van der Waals surface area contributed by atoms with Crippen LogP contribution in [-0.2, 0) is 6.61 Å². The fourth-order valence-corrected chi connectivity index (χ4v) is 4.90. The Morgan fingerprint density at radius 3 is 2.77 bits per heavy atom. The maximum Gasteiger partial charge on any atom is 0.319 e. The van der Waals surface area contributed by atoms with E-state index in [4.69, 9.17) is 10.5 Å². The summed E-state index contributed by atoms with van der Waals surface area (Å²) in [6, 6.07) is 5.79. The van der Waals surface area contributed by atoms with Gasteiger partial charge >= 0.3 is 6.03 Å². The Balaban J connectivity index is 1.27. The Bertz CT molecular complexity index is 1250. The molecule has 4 N–H and O–H groups in total. The van der Waals surface area contributed by atoms with Crippen molar-refractivity contribution in [1.82, 2.24) is 14.3 Å². The lowest BCUT2D eigenvalue weighted by Gasteiger charge is -2.10. The van der Waals surface area contributed by atoms with Crippen molar-refractivity contribution in [3.05, 3.63) is 69.5 Å². The molecule has 184 valence electrons. The fourth-order valence-electron chi connectivity index (χ4n) is 3.76. The lowest BCUT2D eigenvalue weighted by molar-refractivity contribution is 0.0996. The topological polar surface area (TPSA) is 111 Å². The second-order valence-electron chi connectivity index (χ2n) is 7.86. The smallest absolute Gasteiger partial charge is 0.319 e. The number of ether oxygens (including phenoxy) is 1. The number of allylic oxidation sites excluding steroid dienone is 1. The SMILES string of the molecule is NC(=O)c1c(OCc2c(F)cc(Br)cc2F)nsc1NC(=O)NCCCCC1C=Cn2cccc21. The number of carbonyl (C=O) groups is 2. The number of nitrogens with two attached hydrogens (primary N) is 1. The van der Waals surface area contributed by atoms with Crippen molar-refractivity contribution in [3.63, 3.8) is 0 Å². The number of unbranched alkanes of at least 4 members (excludes halogenated alkanes) is 1. The number of rotatable bonds is 10. The number of halogens is 3. The summed E-state index contributed by atoms with van der Waals surface area (Å²) in [6.07, 6.45) is 8.93. The molecule has 1 atom stereocenters. The average molecular weight is 566 g/mol. The van der Waals surface area contributed by atoms with Crippen LogP contribution in [0, 0.1) is 11.6 Å². The summed E-state index contributed by atoms with van der Waals surface area (Å²) in [5, 5.41) is 5.35. The molecule has 0 fully saturated rings. The van der Waals surface area contributed by atoms with E-state index in [1.54, 1.807) is 0 Å². The van der Waals surface area contributed by atoms with E-state index in [2.05, 4.69) is 53.8 Å². The average Bonchev–Trinajstić information content (AvgIpc) is 3.50. The van der Waals surface area contributed by atoms with Gasteiger partial charge in [0.25, 0.3) is 5.91 Å². The Morgan fingerprint density at radius 2 is 2.03 bits per heavy atom. The van der Waals surface area contributed by atoms with E-state index in [0.29, 0.717) is 12.5 Å². The van der Waals surface area contributed by atoms with E-state index in [1.807, 2.05) is 12.3 Å². The monoisotopic (exact) mass is 565 g/mol. The summed E-state index contributed by atoms with van der Waals surface area (Å²) >= 11 is 3.78. The molecular weight excluding hydrogens is 544 g/mol. The quantitative estimate of drug-likeness (QED) is 0.292. The molecule has 0 aliphatic carbocycles. The molecule has 4 rings (SSSR count). The normalized spacial score (nSPS) is 14.1. The number of hydrogen-bond donors (Lipinski definition) is 3. The number of amides is 3. The minimum Gasteiger partial charge on any atom is -0.471 e. The first-order valence-corrected chi connectivity index (χ1v) is 12.4. The van der Waals surface area contributed by atoms with Crippen LogP contribution in [0.2, 0.25) is 0 Å². The molecule has 12 heteroatoms. The summed E-state index contributed by atoms with van der Waals surface area (Å²) in [6.45, 7) is -0.0685. The van der Waals surface area contributed by atoms with Crippen LogP contribution < -0.4 is 21.1 Å². The molecule has 2 aromatic heterocycles. The molecule has 0 spiro atoms. The Kier molecular flexibility index (Phi) is 7.81. The van der Waals surface area contributed by atoms with Gasteiger partial charge < -0.3 is 20.4 Å². The second-order valence-corrected chi connectivity index (χ2v) is 9.55. The third-order valence-corrected chi connectivity index (χ3v) is 6.70. The van der Waals surface area contributed by atoms with Gasteiger partial charge in [-0.2, -0.15) is 4.37 Å². The van der Waals surface area contributed by atoms with Crippen LogP contribution in [0.5, 0.6) is 5.88 Å². The van der Waals surface area contributed by atoms with Crippen molar-refractivity contribution in [2.45, 2.75) is 31.8 Å². The number of primary amides is 1. The molecule has 1 aromatic carbocycles. The van der Waals surface area contributed by atoms with Gasteiger partial charge in [-0.25, -0.2) is 13.6 Å². The minimum absolute atomic E-state index is 0.0820. The summed E-state index contributed by atoms with van der Waals surface area (Å²) < 4.78 is 39.7. The number of nitrogens with one attached hydrogen (secondary N) is 2. The first-order valence-electron chi connectivity index (χ1n) is 10.8. The molecule has 1 aliphatic heterocycles. The summed E-state index contributed by atoms with van der Waals surface area (Å²) in [7, 11) is 0. The summed E-state index contributed by atoms with van der Waals surface area (Å²) in [5.41, 5.74) is 6.20. The van der Waals surface area contributed by atoms with E-state index in [9.17, 15) is 18.4 Å². The molecular formula is C23H22BrF2N5O3S. The summed E-state index contributed by atoms with van der Waals surface area (Å²) in [5.74, 6) is -2.36. The molecule has 3 aromatic rings. The lowest BCUT2D eigenvalue weighted by atomic mass is 10.00. The van der Waals surface area contributed by atoms with E-state index >= 15 is 0 Å². The number of benzene rings is 1. The highest BCUT2D eigenvalue weighted by Gasteiger charge is 2.23. The third kappa shape index (κ3) is 5.88. The zero-order valence-corrected chi connectivity index (χ0v) is 20.8. The standard InChI is InChI=1S/C23H22BrF2N5O3S/c24-14-10-16(25)15(17(26)11-14)12-34-21-19(20(27)32)22(35-30-21)29-23(33)28-7-2-1-4-13-6-9-31-8-3-5-18(13)31/h3,5-6,8-11,13H,1-2,4,7,12H2,(H2,27,32)(H2,28,29,33). The molecule has 1 unspecified atom stereocenters. The van der Waals surface area contributed by atoms with Crippen LogP contribution in [0.1, 0.15) is 46.8 Å². The van der Waals surface area contributed by atoms with E-state index < -0.39 is 30.2 Å². The number of fused-ring (bicyclic) bond motifs is 1. The van der Waals surface area contributed by atoms with Gasteiger partial charge in [0.15, 0.2) is 0 Å². The van der Waals surface area contributed by atoms with Gasteiger partial charge in [0, 0.05) is 35.0 Å². The van der Waals surface area contributed by atoms with Crippen molar-refractivity contribution < 1.29 is 23.1 Å². The maximum atomic E-state index is 14.0. The van der Waals surface area contributed by atoms with Crippen molar-refractivity contribution in [1.29, 1.82) is 0 Å². The number of anilines is 1. The van der Waals surface area contributed by atoms with Crippen molar-refractivity contribution in [2.75, 3.05) is 11.9 Å². The van der Waals surface area contributed by atoms with Crippen LogP contribution in [0.15, 0.2) is 41.0 Å². The first kappa shape index (κ1) is 24.9. The Morgan fingerprint density at radius 1 is 1.26 bits per heavy atom. The van der Waals surface area contributed by atoms with Crippen LogP contribution in [0.25, 0.3) is 6.20 Å². The highest BCUT2D eigenvalue weighted by Crippen LogP contribution is 2.32. The number of nitrogens with zero attached hydrogens (tertiary/aromatic N) is 2. The molecule has 1 aliphatic rings. The zero-order valence-electron chi connectivity index (χ0n) is 18.4. The van der Waals surface area contributed by atoms with Crippen LogP contribution >= 0.6 is 27.5 Å². The van der Waals surface area contributed by atoms with Gasteiger partial charge in [-0.15, -0.1) is 0 Å². The van der Waals surface area contributed by atoms with Crippen molar-refractivity contribution >= 4 is 50.6 Å². The number of aromatic nitrogens is 2. The van der Waals surface area contributed by atoms with Crippen LogP contribution in [0.3, 0.4) is 0 Å². The molecule has 3 amide bonds. The molecule has 3 heterocycles. The predicted octanol–water partition coefficient (Wildman–Crippen LogP) is 5.22. The number of urea groups is 1. The largest absolute Gasteiger partial charge is 0.471 e. The van der Waals surface area contributed by atoms with E-state index in [1.165, 1.54) is 5.69 Å². The van der Waals surface area contributed by atoms with Crippen LogP contribution in [-0.4, -0.2) is 27.4 Å². The van der Waals surface area contributed by atoms with Crippen molar-refractivity contribution in [3.8, 4) is 5.88 Å². The summed E-state index contributed by atoms with van der Waals surface area (Å²) in [4.78, 5) is 24.2. The van der Waals surface area contributed by atoms with Gasteiger partial charge in [0.05, 0.1) is 5.56 Å². The lowest BCUT2D eigenvalue weighted by Crippen LogP contribution is -2.30. The first-order chi connectivity index (χ1) is 16.8. The van der Waals surface area contributed by atoms with Gasteiger partial charge in [0.1, 0.15) is 28.8 Å². The highest BCUT2D eigenvalue weighted by molar-refractivity contribution is 9.10. The molecule has 35 heavy (non-hydrogen) atoms. The van der Waals surface area contributed by atoms with Gasteiger partial charge in [0.2, 0.25) is 5.88 Å². The second kappa shape index (κ2) is 11.0. The third-order valence-electron chi connectivity index (χ3n) is 5.49. The zero-order chi connectivity index (χ0) is 24.9. The molecule has 0 radical (unpaired) electrons. The van der Waals surface area contributed by atoms with Gasteiger partial charge in [-0.05, 0) is 48.6 Å². The number of carbonyl (C=O) groups excluding carboxylic acids is 2. The Hall–Kier alpha value is -3.25.